The van der Waals surface area contributed by atoms with E-state index in [-0.39, 0.29) is 54.9 Å². The van der Waals surface area contributed by atoms with Gasteiger partial charge in [0.15, 0.2) is 5.78 Å². The fourth-order valence-electron chi connectivity index (χ4n) is 9.86. The minimum atomic E-state index is -1.69. The first kappa shape index (κ1) is 60.6. The lowest BCUT2D eigenvalue weighted by atomic mass is 9.82. The van der Waals surface area contributed by atoms with E-state index in [1.54, 1.807) is 70.9 Å². The third-order valence-corrected chi connectivity index (χ3v) is 15.6. The molecule has 6 unspecified atom stereocenters. The van der Waals surface area contributed by atoms with Gasteiger partial charge in [-0.2, -0.15) is 0 Å². The number of rotatable bonds is 20. The number of primary amides is 1. The van der Waals surface area contributed by atoms with Crippen LogP contribution in [0.15, 0.2) is 60.4 Å². The first-order valence-corrected chi connectivity index (χ1v) is 26.5. The Kier molecular flexibility index (Phi) is 20.9. The number of alkyl carbamates (subject to hydrolysis) is 1. The Morgan fingerprint density at radius 3 is 2.43 bits per heavy atom. The number of ketones is 1. The van der Waals surface area contributed by atoms with Crippen LogP contribution in [0, 0.1) is 23.7 Å². The highest BCUT2D eigenvalue weighted by molar-refractivity contribution is 6.35. The Morgan fingerprint density at radius 1 is 1.08 bits per heavy atom. The van der Waals surface area contributed by atoms with Crippen molar-refractivity contribution in [3.05, 3.63) is 70.9 Å². The first-order chi connectivity index (χ1) is 35.7. The first-order valence-electron chi connectivity index (χ1n) is 26.1. The molecule has 6 N–H and O–H groups in total. The Morgan fingerprint density at radius 2 is 1.79 bits per heavy atom. The van der Waals surface area contributed by atoms with E-state index in [9.17, 15) is 43.5 Å². The molecule has 418 valence electrons. The van der Waals surface area contributed by atoms with E-state index in [2.05, 4.69) is 22.5 Å². The Hall–Kier alpha value is -6.25. The number of esters is 1. The van der Waals surface area contributed by atoms with Crippen molar-refractivity contribution < 1.29 is 62.4 Å². The highest BCUT2D eigenvalue weighted by Gasteiger charge is 2.64. The van der Waals surface area contributed by atoms with Crippen molar-refractivity contribution in [1.82, 2.24) is 25.8 Å². The average molecular weight is 1080 g/mol. The molecule has 4 aliphatic heterocycles. The topological polar surface area (TPSA) is 269 Å². The van der Waals surface area contributed by atoms with Crippen LogP contribution in [-0.2, 0) is 49.4 Å². The second kappa shape index (κ2) is 26.2. The number of urea groups is 1. The van der Waals surface area contributed by atoms with Crippen LogP contribution < -0.4 is 31.3 Å². The summed E-state index contributed by atoms with van der Waals surface area (Å²) in [7, 11) is 4.41. The number of nitrogens with one attached hydrogen (secondary N) is 3. The van der Waals surface area contributed by atoms with Gasteiger partial charge in [-0.1, -0.05) is 76.1 Å². The number of carbonyl (C=O) groups is 8. The number of methoxy groups -OCH3 is 1. The van der Waals surface area contributed by atoms with Gasteiger partial charge in [-0.25, -0.2) is 14.4 Å². The molecule has 5 rings (SSSR count). The number of ether oxygens (including phenoxy) is 4. The quantitative estimate of drug-likeness (QED) is 0.0590. The van der Waals surface area contributed by atoms with Crippen LogP contribution in [0.5, 0.6) is 5.75 Å². The molecule has 4 bridgehead atoms. The fraction of sp³-hybridized carbons (Fsp3) is 0.600. The van der Waals surface area contributed by atoms with Crippen LogP contribution in [0.4, 0.5) is 15.3 Å². The number of hydrogen-bond acceptors (Lipinski definition) is 13. The molecule has 10 atom stereocenters. The predicted molar refractivity (Wildman–Crippen MR) is 284 cm³/mol. The molecular formula is C55H78ClN7O13. The van der Waals surface area contributed by atoms with Crippen molar-refractivity contribution in [3.8, 4) is 5.75 Å². The molecule has 0 radical (unpaired) electrons. The third-order valence-electron chi connectivity index (χ3n) is 15.2. The predicted octanol–water partition coefficient (Wildman–Crippen LogP) is 5.77. The summed E-state index contributed by atoms with van der Waals surface area (Å²) >= 11 is 6.84. The SMILES string of the molecule is C=C1C=CC(=O)N1CCCCCC(=O)[C@H](CCCNC(N)=O)NC(=O)[C@@H](CC(=O)N(C)[C@@H](C)C(=O)O[C@H]1CC(=O)N(C)c2cc(cc(OC)c2Cl)C/C(C)=C/C=C/C(C)C2(O)CC(OC(=O)N2)C(C)C2OC21C)C(C)C. The fourth-order valence-corrected chi connectivity index (χ4v) is 10.2. The van der Waals surface area contributed by atoms with Crippen molar-refractivity contribution in [2.75, 3.05) is 39.2 Å². The number of unbranched alkanes of at least 4 members (excludes halogenated alkanes) is 2. The Balaban J connectivity index is 1.33. The van der Waals surface area contributed by atoms with Crippen LogP contribution in [0.3, 0.4) is 0 Å². The normalized spacial score (nSPS) is 27.0. The summed E-state index contributed by atoms with van der Waals surface area (Å²) in [6.07, 6.45) is 7.02. The van der Waals surface area contributed by atoms with Crippen molar-refractivity contribution in [1.29, 1.82) is 0 Å². The number of likely N-dealkylation sites (N-methyl/N-ethyl adjacent to an activating group) is 1. The summed E-state index contributed by atoms with van der Waals surface area (Å²) in [6.45, 7) is 16.7. The van der Waals surface area contributed by atoms with Gasteiger partial charge in [0.2, 0.25) is 17.7 Å². The van der Waals surface area contributed by atoms with Crippen molar-refractivity contribution in [2.45, 2.75) is 154 Å². The monoisotopic (exact) mass is 1080 g/mol. The van der Waals surface area contributed by atoms with Crippen molar-refractivity contribution in [3.63, 3.8) is 0 Å². The average Bonchev–Trinajstić information content (AvgIpc) is 3.96. The van der Waals surface area contributed by atoms with Gasteiger partial charge in [-0.15, -0.1) is 0 Å². The van der Waals surface area contributed by atoms with Crippen LogP contribution >= 0.6 is 11.6 Å². The number of aliphatic hydroxyl groups is 1. The molecule has 1 aromatic rings. The minimum Gasteiger partial charge on any atom is -0.495 e. The standard InChI is InChI=1S/C55H78ClN7O13/c1-31(2)38(50(68)59-39(19-16-23-58-52(57)70)41(64)20-13-12-14-24-63-34(5)21-22-45(63)65)28-46(66)61(9)36(7)51(69)75-44-29-47(67)62(10)40-26-37(27-42(73-11)48(40)56)25-32(3)17-15-18-33(4)55(72)30-43(74-53(71)60-55)35(6)49-54(44,8)76-49/h15,17-18,21-22,26-27,31,33,35-36,38-39,43-44,49,72H,5,12-14,16,19-20,23-25,28-30H2,1-4,6-11H3,(H,59,68)(H,60,71)(H3,57,58,70)/b18-15+,32-17+/t33?,35?,36-,38-,39-,43?,44-,49?,54?,55?/m0/s1. The number of nitrogens with zero attached hydrogens (tertiary/aromatic N) is 3. The van der Waals surface area contributed by atoms with E-state index in [1.807, 2.05) is 19.1 Å². The zero-order chi connectivity index (χ0) is 56.4. The molecule has 4 aliphatic rings. The summed E-state index contributed by atoms with van der Waals surface area (Å²) in [5, 5.41) is 19.9. The van der Waals surface area contributed by atoms with Crippen LogP contribution in [0.2, 0.25) is 5.02 Å². The molecule has 0 aliphatic carbocycles. The Labute approximate surface area is 451 Å². The zero-order valence-corrected chi connectivity index (χ0v) is 46.3. The van der Waals surface area contributed by atoms with Gasteiger partial charge in [0.05, 0.1) is 31.4 Å². The van der Waals surface area contributed by atoms with Crippen molar-refractivity contribution >= 4 is 64.8 Å². The van der Waals surface area contributed by atoms with Gasteiger partial charge < -0.3 is 55.1 Å². The molecule has 0 saturated carbocycles. The summed E-state index contributed by atoms with van der Waals surface area (Å²) in [6, 6.07) is 0.651. The zero-order valence-electron chi connectivity index (χ0n) is 45.6. The van der Waals surface area contributed by atoms with Crippen molar-refractivity contribution in [2.24, 2.45) is 29.4 Å². The molecule has 4 heterocycles. The number of Topliss-reactive ketones (excluding diaryl/α,β-unsaturated/α-hetero) is 1. The summed E-state index contributed by atoms with van der Waals surface area (Å²) in [5.41, 5.74) is 4.88. The summed E-state index contributed by atoms with van der Waals surface area (Å²) in [4.78, 5) is 111. The molecule has 2 fully saturated rings. The van der Waals surface area contributed by atoms with Gasteiger partial charge in [0.1, 0.15) is 40.3 Å². The molecule has 21 heteroatoms. The molecule has 7 amide bonds. The van der Waals surface area contributed by atoms with Crippen LogP contribution in [0.1, 0.15) is 112 Å². The van der Waals surface area contributed by atoms with Gasteiger partial charge >= 0.3 is 18.1 Å². The lowest BCUT2D eigenvalue weighted by molar-refractivity contribution is -0.162. The molecule has 20 nitrogen and oxygen atoms in total. The number of amides is 7. The number of allylic oxidation sites excluding steroid dienone is 4. The molecule has 1 aromatic carbocycles. The second-order valence-corrected chi connectivity index (χ2v) is 21.6. The number of fused-ring (bicyclic) bond motifs is 5. The number of hydrogen-bond donors (Lipinski definition) is 5. The second-order valence-electron chi connectivity index (χ2n) is 21.2. The number of nitrogens with two attached hydrogens (primary N) is 1. The maximum Gasteiger partial charge on any atom is 0.409 e. The highest BCUT2D eigenvalue weighted by Crippen LogP contribution is 2.49. The summed E-state index contributed by atoms with van der Waals surface area (Å²) < 4.78 is 23.9. The number of benzene rings is 1. The van der Waals surface area contributed by atoms with Gasteiger partial charge in [0, 0.05) is 76.0 Å². The van der Waals surface area contributed by atoms with E-state index in [1.165, 1.54) is 32.1 Å². The van der Waals surface area contributed by atoms with E-state index in [0.717, 1.165) is 16.0 Å². The number of anilines is 1. The molecule has 0 spiro atoms. The van der Waals surface area contributed by atoms with Gasteiger partial charge in [-0.3, -0.25) is 29.3 Å². The largest absolute Gasteiger partial charge is 0.495 e. The molecule has 0 aromatic heterocycles. The number of carbonyl (C=O) groups excluding carboxylic acids is 8. The van der Waals surface area contributed by atoms with Gasteiger partial charge in [0.25, 0.3) is 5.91 Å². The minimum absolute atomic E-state index is 0.00933. The molecule has 2 saturated heterocycles. The number of epoxide rings is 1. The lowest BCUT2D eigenvalue weighted by Gasteiger charge is -2.41. The Bertz CT molecular complexity index is 2460. The maximum absolute atomic E-state index is 14.5. The van der Waals surface area contributed by atoms with E-state index in [4.69, 9.17) is 36.3 Å². The number of halogens is 1. The van der Waals surface area contributed by atoms with Gasteiger partial charge in [-0.05, 0) is 82.6 Å². The van der Waals surface area contributed by atoms with E-state index >= 15 is 0 Å². The molecular weight excluding hydrogens is 1000 g/mol. The smallest absolute Gasteiger partial charge is 0.409 e. The van der Waals surface area contributed by atoms with E-state index < -0.39 is 102 Å². The van der Waals surface area contributed by atoms with Crippen LogP contribution in [-0.4, -0.2) is 138 Å². The summed E-state index contributed by atoms with van der Waals surface area (Å²) in [5.74, 6) is -4.99. The van der Waals surface area contributed by atoms with E-state index in [0.29, 0.717) is 55.8 Å². The lowest BCUT2D eigenvalue weighted by Crippen LogP contribution is -2.60. The third kappa shape index (κ3) is 15.2. The highest BCUT2D eigenvalue weighted by atomic mass is 35.5. The maximum atomic E-state index is 14.5. The molecule has 76 heavy (non-hydrogen) atoms. The van der Waals surface area contributed by atoms with Crippen LogP contribution in [0.25, 0.3) is 0 Å².